The zero-order chi connectivity index (χ0) is 17.6. The maximum atomic E-state index is 13.0. The minimum Gasteiger partial charge on any atom is -0.339 e. The fourth-order valence-corrected chi connectivity index (χ4v) is 2.43. The molecular weight excluding hydrogens is 323 g/mol. The normalized spacial score (nSPS) is 10.6. The van der Waals surface area contributed by atoms with Gasteiger partial charge in [0, 0.05) is 31.3 Å². The monoisotopic (exact) mass is 340 g/mol. The van der Waals surface area contributed by atoms with Crippen molar-refractivity contribution in [1.29, 1.82) is 0 Å². The summed E-state index contributed by atoms with van der Waals surface area (Å²) in [7, 11) is 0. The molecule has 128 valence electrons. The van der Waals surface area contributed by atoms with Crippen LogP contribution in [0.3, 0.4) is 0 Å². The lowest BCUT2D eigenvalue weighted by Crippen LogP contribution is -2.30. The summed E-state index contributed by atoms with van der Waals surface area (Å²) in [4.78, 5) is 22.4. The number of aromatic nitrogens is 3. The van der Waals surface area contributed by atoms with Gasteiger partial charge in [0.05, 0.1) is 0 Å². The summed E-state index contributed by atoms with van der Waals surface area (Å²) in [5.74, 6) is 0.352. The van der Waals surface area contributed by atoms with Gasteiger partial charge in [-0.1, -0.05) is 11.2 Å². The second kappa shape index (κ2) is 7.65. The number of carbonyl (C=O) groups is 1. The molecule has 0 saturated carbocycles. The van der Waals surface area contributed by atoms with E-state index >= 15 is 0 Å². The highest BCUT2D eigenvalue weighted by Gasteiger charge is 2.16. The quantitative estimate of drug-likeness (QED) is 0.689. The Balaban J connectivity index is 1.63. The molecular formula is C18H17FN4O2. The van der Waals surface area contributed by atoms with Crippen molar-refractivity contribution in [1.82, 2.24) is 15.1 Å². The van der Waals surface area contributed by atoms with Gasteiger partial charge in [0.2, 0.25) is 17.6 Å². The number of benzene rings is 1. The number of carbonyl (C=O) groups excluding carboxylic acids is 1. The Hall–Kier alpha value is -3.09. The Kier molecular flexibility index (Phi) is 5.13. The van der Waals surface area contributed by atoms with E-state index in [1.165, 1.54) is 12.1 Å². The Labute approximate surface area is 144 Å². The predicted octanol–water partition coefficient (Wildman–Crippen LogP) is 3.26. The number of amides is 1. The van der Waals surface area contributed by atoms with Crippen molar-refractivity contribution in [3.63, 3.8) is 0 Å². The van der Waals surface area contributed by atoms with Crippen LogP contribution in [0, 0.1) is 5.82 Å². The first kappa shape index (κ1) is 16.8. The maximum Gasteiger partial charge on any atom is 0.227 e. The number of hydrogen-bond acceptors (Lipinski definition) is 5. The average molecular weight is 340 g/mol. The van der Waals surface area contributed by atoms with Gasteiger partial charge >= 0.3 is 0 Å². The third-order valence-electron chi connectivity index (χ3n) is 3.67. The summed E-state index contributed by atoms with van der Waals surface area (Å²) in [6, 6.07) is 11.3. The van der Waals surface area contributed by atoms with Gasteiger partial charge in [-0.25, -0.2) is 4.39 Å². The third kappa shape index (κ3) is 4.06. The van der Waals surface area contributed by atoms with Gasteiger partial charge in [-0.2, -0.15) is 4.98 Å². The van der Waals surface area contributed by atoms with Crippen LogP contribution < -0.4 is 4.90 Å². The Morgan fingerprint density at radius 3 is 2.68 bits per heavy atom. The summed E-state index contributed by atoms with van der Waals surface area (Å²) in [5.41, 5.74) is 1.28. The standard InChI is InChI=1S/C18H17FN4O2/c1-2-23(14-8-6-13(19)7-9-14)17(24)11-10-16-21-18(22-25-16)15-5-3-4-12-20-15/h3-9,12H,2,10-11H2,1H3. The molecule has 2 aromatic heterocycles. The summed E-state index contributed by atoms with van der Waals surface area (Å²) in [6.45, 7) is 2.36. The van der Waals surface area contributed by atoms with Gasteiger partial charge in [-0.15, -0.1) is 0 Å². The van der Waals surface area contributed by atoms with Crippen molar-refractivity contribution in [2.24, 2.45) is 0 Å². The first-order valence-electron chi connectivity index (χ1n) is 7.97. The van der Waals surface area contributed by atoms with Crippen LogP contribution in [0.4, 0.5) is 10.1 Å². The van der Waals surface area contributed by atoms with Crippen LogP contribution in [0.5, 0.6) is 0 Å². The molecule has 25 heavy (non-hydrogen) atoms. The van der Waals surface area contributed by atoms with Gasteiger partial charge in [0.25, 0.3) is 0 Å². The SMILES string of the molecule is CCN(C(=O)CCc1nc(-c2ccccn2)no1)c1ccc(F)cc1. The van der Waals surface area contributed by atoms with E-state index in [9.17, 15) is 9.18 Å². The molecule has 3 aromatic rings. The highest BCUT2D eigenvalue weighted by atomic mass is 19.1. The van der Waals surface area contributed by atoms with Crippen LogP contribution in [0.1, 0.15) is 19.2 Å². The smallest absolute Gasteiger partial charge is 0.227 e. The van der Waals surface area contributed by atoms with Crippen molar-refractivity contribution in [2.45, 2.75) is 19.8 Å². The average Bonchev–Trinajstić information content (AvgIpc) is 3.12. The summed E-state index contributed by atoms with van der Waals surface area (Å²) in [6.07, 6.45) is 2.20. The lowest BCUT2D eigenvalue weighted by Gasteiger charge is -2.20. The van der Waals surface area contributed by atoms with Gasteiger partial charge in [-0.05, 0) is 43.3 Å². The first-order valence-corrected chi connectivity index (χ1v) is 7.97. The van der Waals surface area contributed by atoms with Crippen LogP contribution in [0.15, 0.2) is 53.2 Å². The minimum atomic E-state index is -0.333. The first-order chi connectivity index (χ1) is 12.2. The number of anilines is 1. The second-order valence-corrected chi connectivity index (χ2v) is 5.34. The summed E-state index contributed by atoms with van der Waals surface area (Å²) >= 11 is 0. The van der Waals surface area contributed by atoms with Crippen LogP contribution in [-0.4, -0.2) is 27.6 Å². The van der Waals surface area contributed by atoms with Crippen molar-refractivity contribution >= 4 is 11.6 Å². The summed E-state index contributed by atoms with van der Waals surface area (Å²) < 4.78 is 18.2. The van der Waals surface area contributed by atoms with E-state index < -0.39 is 0 Å². The fraction of sp³-hybridized carbons (Fsp3) is 0.222. The van der Waals surface area contributed by atoms with Crippen LogP contribution >= 0.6 is 0 Å². The molecule has 0 bridgehead atoms. The van der Waals surface area contributed by atoms with E-state index in [1.54, 1.807) is 35.4 Å². The predicted molar refractivity (Wildman–Crippen MR) is 90.3 cm³/mol. The molecule has 7 heteroatoms. The molecule has 0 unspecified atom stereocenters. The molecule has 0 fully saturated rings. The van der Waals surface area contributed by atoms with E-state index in [0.717, 1.165) is 0 Å². The van der Waals surface area contributed by atoms with Gasteiger partial charge in [-0.3, -0.25) is 9.78 Å². The molecule has 3 rings (SSSR count). The van der Waals surface area contributed by atoms with E-state index in [2.05, 4.69) is 15.1 Å². The molecule has 0 atom stereocenters. The van der Waals surface area contributed by atoms with E-state index in [-0.39, 0.29) is 18.1 Å². The zero-order valence-electron chi connectivity index (χ0n) is 13.7. The molecule has 6 nitrogen and oxygen atoms in total. The van der Waals surface area contributed by atoms with Crippen LogP contribution in [0.25, 0.3) is 11.5 Å². The fourth-order valence-electron chi connectivity index (χ4n) is 2.43. The Morgan fingerprint density at radius 2 is 2.00 bits per heavy atom. The molecule has 0 aliphatic carbocycles. The highest BCUT2D eigenvalue weighted by molar-refractivity contribution is 5.93. The number of hydrogen-bond donors (Lipinski definition) is 0. The number of aryl methyl sites for hydroxylation is 1. The van der Waals surface area contributed by atoms with Crippen molar-refractivity contribution in [2.75, 3.05) is 11.4 Å². The molecule has 2 heterocycles. The van der Waals surface area contributed by atoms with Gasteiger partial charge in [0.15, 0.2) is 0 Å². The number of halogens is 1. The van der Waals surface area contributed by atoms with Crippen LogP contribution in [-0.2, 0) is 11.2 Å². The molecule has 1 amide bonds. The van der Waals surface area contributed by atoms with Gasteiger partial charge in [0.1, 0.15) is 11.5 Å². The van der Waals surface area contributed by atoms with Gasteiger partial charge < -0.3 is 9.42 Å². The maximum absolute atomic E-state index is 13.0. The van der Waals surface area contributed by atoms with Crippen molar-refractivity contribution in [3.05, 3.63) is 60.4 Å². The van der Waals surface area contributed by atoms with Crippen molar-refractivity contribution < 1.29 is 13.7 Å². The second-order valence-electron chi connectivity index (χ2n) is 5.34. The minimum absolute atomic E-state index is 0.0910. The van der Waals surface area contributed by atoms with Crippen molar-refractivity contribution in [3.8, 4) is 11.5 Å². The molecule has 0 aliphatic heterocycles. The van der Waals surface area contributed by atoms with Crippen LogP contribution in [0.2, 0.25) is 0 Å². The van der Waals surface area contributed by atoms with E-state index in [1.807, 2.05) is 13.0 Å². The third-order valence-corrected chi connectivity index (χ3v) is 3.67. The Bertz CT molecular complexity index is 834. The lowest BCUT2D eigenvalue weighted by molar-refractivity contribution is -0.118. The number of rotatable bonds is 6. The molecule has 0 saturated heterocycles. The lowest BCUT2D eigenvalue weighted by atomic mass is 10.2. The highest BCUT2D eigenvalue weighted by Crippen LogP contribution is 2.17. The Morgan fingerprint density at radius 1 is 1.20 bits per heavy atom. The molecule has 1 aromatic carbocycles. The summed E-state index contributed by atoms with van der Waals surface area (Å²) in [5, 5.41) is 3.88. The zero-order valence-corrected chi connectivity index (χ0v) is 13.7. The molecule has 0 N–H and O–H groups in total. The molecule has 0 spiro atoms. The molecule has 0 radical (unpaired) electrons. The number of pyridine rings is 1. The van der Waals surface area contributed by atoms with E-state index in [4.69, 9.17) is 4.52 Å². The van der Waals surface area contributed by atoms with E-state index in [0.29, 0.717) is 36.1 Å². The molecule has 0 aliphatic rings. The topological polar surface area (TPSA) is 72.1 Å². The number of nitrogens with zero attached hydrogens (tertiary/aromatic N) is 4. The largest absolute Gasteiger partial charge is 0.339 e.